The van der Waals surface area contributed by atoms with Crippen molar-refractivity contribution in [1.29, 1.82) is 0 Å². The first-order valence-corrected chi connectivity index (χ1v) is 7.19. The molecule has 106 valence electrons. The Labute approximate surface area is 119 Å². The number of amides is 2. The number of nitrogens with zero attached hydrogens (tertiary/aromatic N) is 1. The van der Waals surface area contributed by atoms with Gasteiger partial charge in [-0.15, -0.1) is 0 Å². The number of anilines is 1. The molecule has 4 heteroatoms. The molecule has 1 aliphatic heterocycles. The van der Waals surface area contributed by atoms with E-state index in [1.54, 1.807) is 11.8 Å². The average molecular weight is 272 g/mol. The number of carbonyl (C=O) groups is 2. The van der Waals surface area contributed by atoms with E-state index in [9.17, 15) is 9.59 Å². The third-order valence-electron chi connectivity index (χ3n) is 4.15. The molecule has 1 aliphatic carbocycles. The van der Waals surface area contributed by atoms with Crippen molar-refractivity contribution >= 4 is 17.5 Å². The normalized spacial score (nSPS) is 26.6. The summed E-state index contributed by atoms with van der Waals surface area (Å²) in [5.41, 5.74) is 3.04. The second kappa shape index (κ2) is 4.62. The number of nitrogens with one attached hydrogen (secondary N) is 1. The van der Waals surface area contributed by atoms with Gasteiger partial charge < -0.3 is 5.32 Å². The van der Waals surface area contributed by atoms with Gasteiger partial charge in [-0.2, -0.15) is 0 Å². The van der Waals surface area contributed by atoms with Crippen LogP contribution in [-0.4, -0.2) is 23.9 Å². The van der Waals surface area contributed by atoms with Crippen LogP contribution in [0.25, 0.3) is 0 Å². The Hall–Kier alpha value is -1.84. The lowest BCUT2D eigenvalue weighted by atomic mass is 10.0. The van der Waals surface area contributed by atoms with Crippen molar-refractivity contribution in [2.45, 2.75) is 45.7 Å². The third kappa shape index (κ3) is 2.19. The second-order valence-corrected chi connectivity index (χ2v) is 6.05. The topological polar surface area (TPSA) is 49.4 Å². The monoisotopic (exact) mass is 272 g/mol. The number of piperazine rings is 1. The molecule has 2 amide bonds. The van der Waals surface area contributed by atoms with Gasteiger partial charge in [0.15, 0.2) is 0 Å². The average Bonchev–Trinajstić information content (AvgIpc) is 3.17. The zero-order valence-electron chi connectivity index (χ0n) is 12.1. The fourth-order valence-electron chi connectivity index (χ4n) is 2.98. The standard InChI is InChI=1S/C16H20N2O2/c1-9-6-10(2)8-13(7-9)18-11(3)15(19)17-14(16(18)20)12-4-5-12/h6-8,11-12,14H,4-5H2,1-3H3,(H,17,19). The highest BCUT2D eigenvalue weighted by atomic mass is 16.2. The lowest BCUT2D eigenvalue weighted by Gasteiger charge is -2.37. The van der Waals surface area contributed by atoms with Gasteiger partial charge in [-0.05, 0) is 62.8 Å². The zero-order valence-corrected chi connectivity index (χ0v) is 12.1. The van der Waals surface area contributed by atoms with Gasteiger partial charge >= 0.3 is 0 Å². The molecule has 0 spiro atoms. The Morgan fingerprint density at radius 1 is 1.10 bits per heavy atom. The van der Waals surface area contributed by atoms with E-state index in [1.165, 1.54) is 0 Å². The molecule has 0 bridgehead atoms. The van der Waals surface area contributed by atoms with Crippen LogP contribution in [0.15, 0.2) is 18.2 Å². The molecule has 0 aromatic heterocycles. The molecule has 1 saturated heterocycles. The van der Waals surface area contributed by atoms with Crippen molar-refractivity contribution in [1.82, 2.24) is 5.32 Å². The fourth-order valence-corrected chi connectivity index (χ4v) is 2.98. The predicted octanol–water partition coefficient (Wildman–Crippen LogP) is 1.93. The molecular formula is C16H20N2O2. The highest BCUT2D eigenvalue weighted by Crippen LogP contribution is 2.36. The molecule has 1 heterocycles. The predicted molar refractivity (Wildman–Crippen MR) is 77.5 cm³/mol. The van der Waals surface area contributed by atoms with E-state index in [-0.39, 0.29) is 17.9 Å². The van der Waals surface area contributed by atoms with Crippen LogP contribution in [0.1, 0.15) is 30.9 Å². The number of aryl methyl sites for hydroxylation is 2. The minimum absolute atomic E-state index is 0.0320. The summed E-state index contributed by atoms with van der Waals surface area (Å²) >= 11 is 0. The van der Waals surface area contributed by atoms with Crippen LogP contribution in [0.4, 0.5) is 5.69 Å². The van der Waals surface area contributed by atoms with Gasteiger partial charge in [-0.1, -0.05) is 6.07 Å². The first-order chi connectivity index (χ1) is 9.47. The molecule has 4 nitrogen and oxygen atoms in total. The number of carbonyl (C=O) groups excluding carboxylic acids is 2. The van der Waals surface area contributed by atoms with E-state index in [0.717, 1.165) is 29.7 Å². The highest BCUT2D eigenvalue weighted by molar-refractivity contribution is 6.08. The molecule has 1 aromatic carbocycles. The smallest absolute Gasteiger partial charge is 0.250 e. The fraction of sp³-hybridized carbons (Fsp3) is 0.500. The third-order valence-corrected chi connectivity index (χ3v) is 4.15. The van der Waals surface area contributed by atoms with Crippen LogP contribution >= 0.6 is 0 Å². The lowest BCUT2D eigenvalue weighted by molar-refractivity contribution is -0.133. The van der Waals surface area contributed by atoms with Crippen LogP contribution < -0.4 is 10.2 Å². The molecule has 1 saturated carbocycles. The molecule has 2 unspecified atom stereocenters. The maximum absolute atomic E-state index is 12.7. The van der Waals surface area contributed by atoms with Crippen molar-refractivity contribution in [2.24, 2.45) is 5.92 Å². The summed E-state index contributed by atoms with van der Waals surface area (Å²) in [7, 11) is 0. The summed E-state index contributed by atoms with van der Waals surface area (Å²) in [5.74, 6) is 0.303. The zero-order chi connectivity index (χ0) is 14.4. The Kier molecular flexibility index (Phi) is 3.04. The van der Waals surface area contributed by atoms with E-state index in [1.807, 2.05) is 26.0 Å². The van der Waals surface area contributed by atoms with E-state index >= 15 is 0 Å². The van der Waals surface area contributed by atoms with Crippen molar-refractivity contribution < 1.29 is 9.59 Å². The Morgan fingerprint density at radius 2 is 1.70 bits per heavy atom. The van der Waals surface area contributed by atoms with Gasteiger partial charge in [0, 0.05) is 5.69 Å². The quantitative estimate of drug-likeness (QED) is 0.894. The Morgan fingerprint density at radius 3 is 2.25 bits per heavy atom. The minimum Gasteiger partial charge on any atom is -0.342 e. The van der Waals surface area contributed by atoms with Crippen LogP contribution in [-0.2, 0) is 9.59 Å². The Bertz CT molecular complexity index is 558. The number of hydrogen-bond acceptors (Lipinski definition) is 2. The van der Waals surface area contributed by atoms with Gasteiger partial charge in [-0.3, -0.25) is 14.5 Å². The van der Waals surface area contributed by atoms with E-state index in [2.05, 4.69) is 11.4 Å². The molecule has 2 aliphatic rings. The van der Waals surface area contributed by atoms with E-state index in [4.69, 9.17) is 0 Å². The summed E-state index contributed by atoms with van der Waals surface area (Å²) < 4.78 is 0. The van der Waals surface area contributed by atoms with Gasteiger partial charge in [0.25, 0.3) is 5.91 Å². The first-order valence-electron chi connectivity index (χ1n) is 7.19. The highest BCUT2D eigenvalue weighted by Gasteiger charge is 2.46. The van der Waals surface area contributed by atoms with E-state index < -0.39 is 6.04 Å². The largest absolute Gasteiger partial charge is 0.342 e. The molecule has 2 atom stereocenters. The van der Waals surface area contributed by atoms with E-state index in [0.29, 0.717) is 5.92 Å². The summed E-state index contributed by atoms with van der Waals surface area (Å²) in [5, 5.41) is 2.88. The van der Waals surface area contributed by atoms with Crippen LogP contribution in [0.5, 0.6) is 0 Å². The van der Waals surface area contributed by atoms with Gasteiger partial charge in [0.2, 0.25) is 5.91 Å². The molecule has 1 aromatic rings. The molecular weight excluding hydrogens is 252 g/mol. The van der Waals surface area contributed by atoms with Crippen molar-refractivity contribution in [2.75, 3.05) is 4.90 Å². The summed E-state index contributed by atoms with van der Waals surface area (Å²) in [4.78, 5) is 26.5. The molecule has 3 rings (SSSR count). The molecule has 0 radical (unpaired) electrons. The van der Waals surface area contributed by atoms with Gasteiger partial charge in [-0.25, -0.2) is 0 Å². The number of rotatable bonds is 2. The number of benzene rings is 1. The minimum atomic E-state index is -0.446. The number of hydrogen-bond donors (Lipinski definition) is 1. The van der Waals surface area contributed by atoms with Crippen molar-refractivity contribution in [3.63, 3.8) is 0 Å². The first kappa shape index (κ1) is 13.2. The van der Waals surface area contributed by atoms with Crippen LogP contribution in [0, 0.1) is 19.8 Å². The molecule has 2 fully saturated rings. The molecule has 20 heavy (non-hydrogen) atoms. The summed E-state index contributed by atoms with van der Waals surface area (Å²) in [6.07, 6.45) is 2.07. The maximum atomic E-state index is 12.7. The Balaban J connectivity index is 1.99. The van der Waals surface area contributed by atoms with Gasteiger partial charge in [0.05, 0.1) is 0 Å². The SMILES string of the molecule is Cc1cc(C)cc(N2C(=O)C(C3CC3)NC(=O)C2C)c1. The maximum Gasteiger partial charge on any atom is 0.250 e. The van der Waals surface area contributed by atoms with Crippen molar-refractivity contribution in [3.05, 3.63) is 29.3 Å². The van der Waals surface area contributed by atoms with Crippen LogP contribution in [0.3, 0.4) is 0 Å². The van der Waals surface area contributed by atoms with Crippen LogP contribution in [0.2, 0.25) is 0 Å². The summed E-state index contributed by atoms with van der Waals surface area (Å²) in [6, 6.07) is 5.24. The summed E-state index contributed by atoms with van der Waals surface area (Å²) in [6.45, 7) is 5.80. The lowest BCUT2D eigenvalue weighted by Crippen LogP contribution is -2.63. The van der Waals surface area contributed by atoms with Crippen molar-refractivity contribution in [3.8, 4) is 0 Å². The second-order valence-electron chi connectivity index (χ2n) is 6.05. The molecule has 1 N–H and O–H groups in total. The van der Waals surface area contributed by atoms with Gasteiger partial charge in [0.1, 0.15) is 12.1 Å².